The molecule has 39 heavy (non-hydrogen) atoms. The summed E-state index contributed by atoms with van der Waals surface area (Å²) < 4.78 is 6.60. The van der Waals surface area contributed by atoms with Crippen LogP contribution in [0.4, 0.5) is 0 Å². The van der Waals surface area contributed by atoms with E-state index in [1.807, 2.05) is 6.08 Å². The molecule has 1 amide bonds. The van der Waals surface area contributed by atoms with Crippen LogP contribution in [0.25, 0.3) is 0 Å². The minimum atomic E-state index is -1.38. The van der Waals surface area contributed by atoms with Gasteiger partial charge >= 0.3 is 0 Å². The predicted molar refractivity (Wildman–Crippen MR) is 151 cm³/mol. The number of hydrogen-bond donors (Lipinski definition) is 3. The zero-order valence-electron chi connectivity index (χ0n) is 23.6. The van der Waals surface area contributed by atoms with Crippen LogP contribution in [0.1, 0.15) is 95.1 Å². The highest BCUT2D eigenvalue weighted by molar-refractivity contribution is 5.82. The number of rotatable bonds is 12. The van der Waals surface area contributed by atoms with Gasteiger partial charge in [0, 0.05) is 30.1 Å². The number of phenolic OH excluding ortho intramolecular Hbond substituents is 1. The summed E-state index contributed by atoms with van der Waals surface area (Å²) in [7, 11) is 0. The van der Waals surface area contributed by atoms with Gasteiger partial charge in [0.15, 0.2) is 11.5 Å². The minimum Gasteiger partial charge on any atom is -0.504 e. The van der Waals surface area contributed by atoms with E-state index in [0.717, 1.165) is 50.3 Å². The van der Waals surface area contributed by atoms with Crippen LogP contribution in [-0.4, -0.2) is 58.4 Å². The fourth-order valence-corrected chi connectivity index (χ4v) is 9.38. The van der Waals surface area contributed by atoms with Crippen molar-refractivity contribution in [2.75, 3.05) is 19.6 Å². The van der Waals surface area contributed by atoms with Gasteiger partial charge in [0.2, 0.25) is 5.91 Å². The Hall–Kier alpha value is -2.05. The number of carbonyl (C=O) groups is 1. The molecule has 2 saturated carbocycles. The van der Waals surface area contributed by atoms with Crippen molar-refractivity contribution in [2.45, 2.75) is 114 Å². The molecule has 1 saturated heterocycles. The van der Waals surface area contributed by atoms with Crippen LogP contribution in [0.3, 0.4) is 0 Å². The largest absolute Gasteiger partial charge is 0.504 e. The van der Waals surface area contributed by atoms with Crippen molar-refractivity contribution in [1.29, 1.82) is 0 Å². The van der Waals surface area contributed by atoms with Crippen LogP contribution < -0.4 is 10.1 Å². The number of nitrogens with one attached hydrogen (secondary N) is 1. The number of phenols is 1. The summed E-state index contributed by atoms with van der Waals surface area (Å²) in [6.45, 7) is 5.02. The molecular weight excluding hydrogens is 488 g/mol. The molecule has 0 unspecified atom stereocenters. The van der Waals surface area contributed by atoms with Crippen molar-refractivity contribution in [3.05, 3.63) is 35.4 Å². The van der Waals surface area contributed by atoms with E-state index in [1.165, 1.54) is 56.9 Å². The smallest absolute Gasteiger partial charge is 0.226 e. The highest BCUT2D eigenvalue weighted by atomic mass is 16.5. The lowest BCUT2D eigenvalue weighted by atomic mass is 9.37. The molecule has 6 heteroatoms. The first-order chi connectivity index (χ1) is 18.9. The normalized spacial score (nSPS) is 37.0. The SMILES string of the molecule is CCCCCCCCCCNC(=O)[C@H]1C[C@@]23C=C[C@]1(O)[C@@H]1Oc4c(O)ccc5c4[C@@]12CCN(CC1CC1)[C@@H]3C5. The summed E-state index contributed by atoms with van der Waals surface area (Å²) in [4.78, 5) is 16.5. The third kappa shape index (κ3) is 3.69. The van der Waals surface area contributed by atoms with Crippen LogP contribution in [0.2, 0.25) is 0 Å². The Morgan fingerprint density at radius 3 is 2.64 bits per heavy atom. The molecule has 6 atom stereocenters. The molecule has 5 aliphatic carbocycles. The van der Waals surface area contributed by atoms with Crippen molar-refractivity contribution in [1.82, 2.24) is 10.2 Å². The van der Waals surface area contributed by atoms with Crippen molar-refractivity contribution in [2.24, 2.45) is 17.3 Å². The monoisotopic (exact) mass is 534 g/mol. The van der Waals surface area contributed by atoms with E-state index >= 15 is 0 Å². The van der Waals surface area contributed by atoms with Gasteiger partial charge in [0.1, 0.15) is 11.7 Å². The van der Waals surface area contributed by atoms with E-state index in [1.54, 1.807) is 6.07 Å². The first-order valence-electron chi connectivity index (χ1n) is 15.9. The van der Waals surface area contributed by atoms with Crippen molar-refractivity contribution in [3.8, 4) is 11.5 Å². The number of piperidine rings is 1. The van der Waals surface area contributed by atoms with Gasteiger partial charge in [-0.15, -0.1) is 0 Å². The Labute approximate surface area is 233 Å². The summed E-state index contributed by atoms with van der Waals surface area (Å²) in [5.74, 6) is 0.918. The zero-order valence-corrected chi connectivity index (χ0v) is 23.6. The van der Waals surface area contributed by atoms with E-state index in [-0.39, 0.29) is 23.1 Å². The molecule has 4 bridgehead atoms. The fourth-order valence-electron chi connectivity index (χ4n) is 9.38. The summed E-state index contributed by atoms with van der Waals surface area (Å²) >= 11 is 0. The van der Waals surface area contributed by atoms with Gasteiger partial charge < -0.3 is 20.3 Å². The second-order valence-corrected chi connectivity index (χ2v) is 13.6. The first kappa shape index (κ1) is 25.9. The molecule has 3 fully saturated rings. The third-order valence-corrected chi connectivity index (χ3v) is 11.4. The number of aromatic hydroxyl groups is 1. The Kier molecular flexibility index (Phi) is 6.31. The molecule has 2 heterocycles. The number of carbonyl (C=O) groups excluding carboxylic acids is 1. The third-order valence-electron chi connectivity index (χ3n) is 11.4. The van der Waals surface area contributed by atoms with Crippen LogP contribution in [0.15, 0.2) is 24.3 Å². The molecule has 3 N–H and O–H groups in total. The molecule has 1 aromatic rings. The first-order valence-corrected chi connectivity index (χ1v) is 15.9. The lowest BCUT2D eigenvalue weighted by molar-refractivity contribution is -0.206. The molecule has 2 spiro atoms. The minimum absolute atomic E-state index is 0.0413. The highest BCUT2D eigenvalue weighted by Crippen LogP contribution is 2.74. The van der Waals surface area contributed by atoms with Crippen LogP contribution in [0, 0.1) is 17.3 Å². The van der Waals surface area contributed by atoms with E-state index in [2.05, 4.69) is 29.3 Å². The lowest BCUT2D eigenvalue weighted by Gasteiger charge is -2.70. The molecule has 8 rings (SSSR count). The van der Waals surface area contributed by atoms with Crippen molar-refractivity contribution >= 4 is 5.91 Å². The second-order valence-electron chi connectivity index (χ2n) is 13.6. The number of aliphatic hydroxyl groups is 1. The molecule has 0 aromatic heterocycles. The number of amides is 1. The highest BCUT2D eigenvalue weighted by Gasteiger charge is 2.79. The molecule has 6 nitrogen and oxygen atoms in total. The molecular formula is C33H46N2O4. The number of hydrogen-bond acceptors (Lipinski definition) is 5. The number of fused-ring (bicyclic) bond motifs is 1. The maximum Gasteiger partial charge on any atom is 0.226 e. The van der Waals surface area contributed by atoms with Crippen LogP contribution in [0.5, 0.6) is 11.5 Å². The maximum atomic E-state index is 13.8. The average Bonchev–Trinajstić information content (AvgIpc) is 3.67. The summed E-state index contributed by atoms with van der Waals surface area (Å²) in [6, 6.07) is 4.12. The van der Waals surface area contributed by atoms with Gasteiger partial charge in [-0.25, -0.2) is 0 Å². The zero-order chi connectivity index (χ0) is 26.8. The average molecular weight is 535 g/mol. The number of benzene rings is 1. The predicted octanol–water partition coefficient (Wildman–Crippen LogP) is 5.00. The summed E-state index contributed by atoms with van der Waals surface area (Å²) in [6.07, 6.45) is 18.6. The van der Waals surface area contributed by atoms with Gasteiger partial charge in [-0.3, -0.25) is 9.69 Å². The fraction of sp³-hybridized carbons (Fsp3) is 0.727. The van der Waals surface area contributed by atoms with Crippen LogP contribution >= 0.6 is 0 Å². The van der Waals surface area contributed by atoms with Gasteiger partial charge in [-0.05, 0) is 62.6 Å². The topological polar surface area (TPSA) is 82.0 Å². The van der Waals surface area contributed by atoms with Gasteiger partial charge in [-0.1, -0.05) is 70.1 Å². The van der Waals surface area contributed by atoms with E-state index in [0.29, 0.717) is 18.7 Å². The van der Waals surface area contributed by atoms with E-state index in [9.17, 15) is 15.0 Å². The maximum absolute atomic E-state index is 13.8. The summed E-state index contributed by atoms with van der Waals surface area (Å²) in [5.41, 5.74) is 0.324. The molecule has 7 aliphatic rings. The van der Waals surface area contributed by atoms with E-state index in [4.69, 9.17) is 4.74 Å². The number of unbranched alkanes of at least 4 members (excludes halogenated alkanes) is 7. The Morgan fingerprint density at radius 1 is 1.10 bits per heavy atom. The van der Waals surface area contributed by atoms with Gasteiger partial charge in [0.25, 0.3) is 0 Å². The molecule has 2 aliphatic heterocycles. The van der Waals surface area contributed by atoms with Gasteiger partial charge in [-0.2, -0.15) is 0 Å². The van der Waals surface area contributed by atoms with E-state index < -0.39 is 23.0 Å². The lowest BCUT2D eigenvalue weighted by Crippen LogP contribution is -2.80. The second kappa shape index (κ2) is 9.51. The summed E-state index contributed by atoms with van der Waals surface area (Å²) in [5, 5.41) is 26.4. The Bertz CT molecular complexity index is 1160. The molecule has 212 valence electrons. The number of nitrogens with zero attached hydrogens (tertiary/aromatic N) is 1. The van der Waals surface area contributed by atoms with Crippen molar-refractivity contribution in [3.63, 3.8) is 0 Å². The molecule has 1 aromatic carbocycles. The molecule has 0 radical (unpaired) electrons. The Balaban J connectivity index is 1.13. The van der Waals surface area contributed by atoms with Crippen molar-refractivity contribution < 1.29 is 19.7 Å². The number of likely N-dealkylation sites (tertiary alicyclic amines) is 1. The van der Waals surface area contributed by atoms with Crippen LogP contribution in [-0.2, 0) is 16.6 Å². The standard InChI is InChI=1S/C33H46N2O4/c1-2-3-4-5-6-7-8-9-17-34-29(37)24-20-31-14-15-33(24,38)30-32(31)16-18-35(21-22-10-11-22)26(31)19-23-12-13-25(36)28(39-30)27(23)32/h12-15,22,24,26,30,36,38H,2-11,16-21H2,1H3,(H,34,37)/t24-,26-,30-,31-,32+,33-/m1/s1. The van der Waals surface area contributed by atoms with Gasteiger partial charge in [0.05, 0.1) is 11.3 Å². The Morgan fingerprint density at radius 2 is 1.87 bits per heavy atom. The quantitative estimate of drug-likeness (QED) is 0.260. The number of ether oxygens (including phenoxy) is 1.